The topological polar surface area (TPSA) is 77.3 Å². The second kappa shape index (κ2) is 7.82. The van der Waals surface area contributed by atoms with Crippen molar-refractivity contribution in [3.63, 3.8) is 0 Å². The average molecular weight is 364 g/mol. The molecular formula is C20H20N4O3. The van der Waals surface area contributed by atoms with Gasteiger partial charge >= 0.3 is 5.97 Å². The van der Waals surface area contributed by atoms with Gasteiger partial charge in [0.05, 0.1) is 11.3 Å². The van der Waals surface area contributed by atoms with Crippen LogP contribution in [-0.2, 0) is 9.53 Å². The molecule has 0 aliphatic carbocycles. The highest BCUT2D eigenvalue weighted by Crippen LogP contribution is 2.13. The van der Waals surface area contributed by atoms with Crippen LogP contribution in [0.5, 0.6) is 0 Å². The van der Waals surface area contributed by atoms with E-state index in [2.05, 4.69) is 10.1 Å². The molecule has 0 N–H and O–H groups in total. The molecule has 0 saturated carbocycles. The van der Waals surface area contributed by atoms with Gasteiger partial charge in [-0.2, -0.15) is 5.10 Å². The molecule has 3 rings (SSSR count). The first-order chi connectivity index (χ1) is 13.0. The zero-order valence-electron chi connectivity index (χ0n) is 15.4. The fourth-order valence-electron chi connectivity index (χ4n) is 2.60. The molecule has 2 aromatic heterocycles. The number of anilines is 1. The molecule has 7 nitrogen and oxygen atoms in total. The van der Waals surface area contributed by atoms with Crippen molar-refractivity contribution in [2.24, 2.45) is 0 Å². The lowest BCUT2D eigenvalue weighted by atomic mass is 10.3. The van der Waals surface area contributed by atoms with Crippen molar-refractivity contribution in [3.8, 4) is 5.82 Å². The summed E-state index contributed by atoms with van der Waals surface area (Å²) in [4.78, 5) is 30.1. The molecule has 2 heterocycles. The number of aromatic nitrogens is 3. The van der Waals surface area contributed by atoms with Gasteiger partial charge in [-0.3, -0.25) is 4.79 Å². The second-order valence-electron chi connectivity index (χ2n) is 6.11. The third kappa shape index (κ3) is 4.20. The number of aryl methyl sites for hydroxylation is 2. The Morgan fingerprint density at radius 2 is 1.85 bits per heavy atom. The highest BCUT2D eigenvalue weighted by molar-refractivity contribution is 5.96. The van der Waals surface area contributed by atoms with Crippen LogP contribution in [-0.4, -0.2) is 40.3 Å². The summed E-state index contributed by atoms with van der Waals surface area (Å²) < 4.78 is 6.81. The van der Waals surface area contributed by atoms with Gasteiger partial charge in [-0.25, -0.2) is 14.5 Å². The molecule has 0 fully saturated rings. The van der Waals surface area contributed by atoms with Crippen molar-refractivity contribution in [1.29, 1.82) is 0 Å². The Bertz CT molecular complexity index is 949. The van der Waals surface area contributed by atoms with E-state index in [-0.39, 0.29) is 18.1 Å². The van der Waals surface area contributed by atoms with E-state index in [4.69, 9.17) is 4.74 Å². The Balaban J connectivity index is 1.61. The summed E-state index contributed by atoms with van der Waals surface area (Å²) in [7, 11) is 1.64. The fraction of sp³-hybridized carbons (Fsp3) is 0.200. The number of amides is 1. The number of rotatable bonds is 5. The van der Waals surface area contributed by atoms with Crippen LogP contribution in [0, 0.1) is 13.8 Å². The first-order valence-electron chi connectivity index (χ1n) is 8.44. The van der Waals surface area contributed by atoms with E-state index in [1.54, 1.807) is 36.0 Å². The third-order valence-electron chi connectivity index (χ3n) is 4.05. The van der Waals surface area contributed by atoms with Crippen LogP contribution in [0.15, 0.2) is 54.7 Å². The number of ether oxygens (including phenoxy) is 1. The minimum absolute atomic E-state index is 0.274. The van der Waals surface area contributed by atoms with Gasteiger partial charge in [0.1, 0.15) is 0 Å². The lowest BCUT2D eigenvalue weighted by Gasteiger charge is -2.17. The molecule has 0 atom stereocenters. The number of hydrogen-bond acceptors (Lipinski definition) is 5. The van der Waals surface area contributed by atoms with E-state index in [9.17, 15) is 9.59 Å². The Hall–Kier alpha value is -3.48. The van der Waals surface area contributed by atoms with Crippen LogP contribution in [0.3, 0.4) is 0 Å². The molecule has 3 aromatic rings. The summed E-state index contributed by atoms with van der Waals surface area (Å²) >= 11 is 0. The number of esters is 1. The van der Waals surface area contributed by atoms with Gasteiger partial charge in [0.25, 0.3) is 5.91 Å². The van der Waals surface area contributed by atoms with Crippen molar-refractivity contribution in [2.45, 2.75) is 13.8 Å². The molecular weight excluding hydrogens is 344 g/mol. The van der Waals surface area contributed by atoms with Crippen LogP contribution < -0.4 is 4.90 Å². The number of pyridine rings is 1. The maximum absolute atomic E-state index is 12.2. The summed E-state index contributed by atoms with van der Waals surface area (Å²) in [5.74, 6) is -0.309. The Morgan fingerprint density at radius 1 is 1.11 bits per heavy atom. The predicted octanol–water partition coefficient (Wildman–Crippen LogP) is 2.70. The number of hydrogen-bond donors (Lipinski definition) is 0. The van der Waals surface area contributed by atoms with Gasteiger partial charge in [-0.05, 0) is 44.2 Å². The normalized spacial score (nSPS) is 10.5. The Kier molecular flexibility index (Phi) is 5.30. The molecule has 0 saturated heterocycles. The quantitative estimate of drug-likeness (QED) is 0.651. The van der Waals surface area contributed by atoms with Gasteiger partial charge in [0.15, 0.2) is 12.4 Å². The Morgan fingerprint density at radius 3 is 2.44 bits per heavy atom. The lowest BCUT2D eigenvalue weighted by molar-refractivity contribution is -0.121. The standard InChI is InChI=1S/C20H20N4O3/c1-14-11-15(2)24(22-14)18-10-9-16(12-21-18)20(26)27-13-19(25)23(3)17-7-5-4-6-8-17/h4-12H,13H2,1-3H3. The molecule has 0 aliphatic heterocycles. The molecule has 1 amide bonds. The molecule has 0 unspecified atom stereocenters. The average Bonchev–Trinajstić information content (AvgIpc) is 3.04. The summed E-state index contributed by atoms with van der Waals surface area (Å²) in [5.41, 5.74) is 2.84. The van der Waals surface area contributed by atoms with Crippen LogP contribution in [0.2, 0.25) is 0 Å². The molecule has 1 aromatic carbocycles. The number of para-hydroxylation sites is 1. The van der Waals surface area contributed by atoms with Gasteiger partial charge < -0.3 is 9.64 Å². The molecule has 138 valence electrons. The van der Waals surface area contributed by atoms with E-state index < -0.39 is 5.97 Å². The van der Waals surface area contributed by atoms with Gasteiger partial charge in [-0.1, -0.05) is 18.2 Å². The van der Waals surface area contributed by atoms with Crippen molar-refractivity contribution in [3.05, 3.63) is 71.7 Å². The van der Waals surface area contributed by atoms with Crippen molar-refractivity contribution >= 4 is 17.6 Å². The zero-order chi connectivity index (χ0) is 19.4. The molecule has 0 aliphatic rings. The smallest absolute Gasteiger partial charge is 0.340 e. The number of likely N-dealkylation sites (N-methyl/N-ethyl adjacent to an activating group) is 1. The minimum atomic E-state index is -0.600. The summed E-state index contributed by atoms with van der Waals surface area (Å²) in [5, 5.41) is 4.35. The number of carbonyl (C=O) groups excluding carboxylic acids is 2. The molecule has 27 heavy (non-hydrogen) atoms. The largest absolute Gasteiger partial charge is 0.452 e. The van der Waals surface area contributed by atoms with Crippen LogP contribution in [0.25, 0.3) is 5.82 Å². The van der Waals surface area contributed by atoms with E-state index in [1.807, 2.05) is 38.1 Å². The number of nitrogens with zero attached hydrogens (tertiary/aromatic N) is 4. The van der Waals surface area contributed by atoms with Crippen LogP contribution in [0.4, 0.5) is 5.69 Å². The number of carbonyl (C=O) groups is 2. The summed E-state index contributed by atoms with van der Waals surface area (Å²) in [6, 6.07) is 14.4. The SMILES string of the molecule is Cc1cc(C)n(-c2ccc(C(=O)OCC(=O)N(C)c3ccccc3)cn2)n1. The van der Waals surface area contributed by atoms with Gasteiger partial charge in [-0.15, -0.1) is 0 Å². The first kappa shape index (κ1) is 18.3. The van der Waals surface area contributed by atoms with Gasteiger partial charge in [0, 0.05) is 24.6 Å². The maximum atomic E-state index is 12.2. The maximum Gasteiger partial charge on any atom is 0.340 e. The molecule has 0 bridgehead atoms. The summed E-state index contributed by atoms with van der Waals surface area (Å²) in [6.45, 7) is 3.49. The molecule has 0 spiro atoms. The number of benzene rings is 1. The van der Waals surface area contributed by atoms with E-state index in [0.717, 1.165) is 17.1 Å². The second-order valence-corrected chi connectivity index (χ2v) is 6.11. The van der Waals surface area contributed by atoms with E-state index >= 15 is 0 Å². The van der Waals surface area contributed by atoms with Crippen LogP contribution in [0.1, 0.15) is 21.7 Å². The third-order valence-corrected chi connectivity index (χ3v) is 4.05. The summed E-state index contributed by atoms with van der Waals surface area (Å²) in [6.07, 6.45) is 1.42. The zero-order valence-corrected chi connectivity index (χ0v) is 15.4. The highest BCUT2D eigenvalue weighted by atomic mass is 16.5. The predicted molar refractivity (Wildman–Crippen MR) is 101 cm³/mol. The first-order valence-corrected chi connectivity index (χ1v) is 8.44. The fourth-order valence-corrected chi connectivity index (χ4v) is 2.60. The molecule has 0 radical (unpaired) electrons. The molecule has 7 heteroatoms. The van der Waals surface area contributed by atoms with Crippen molar-refractivity contribution < 1.29 is 14.3 Å². The minimum Gasteiger partial charge on any atom is -0.452 e. The van der Waals surface area contributed by atoms with E-state index in [0.29, 0.717) is 5.82 Å². The monoisotopic (exact) mass is 364 g/mol. The van der Waals surface area contributed by atoms with Crippen molar-refractivity contribution in [2.75, 3.05) is 18.6 Å². The van der Waals surface area contributed by atoms with Gasteiger partial charge in [0.2, 0.25) is 0 Å². The Labute approximate surface area is 157 Å². The highest BCUT2D eigenvalue weighted by Gasteiger charge is 2.15. The van der Waals surface area contributed by atoms with Crippen molar-refractivity contribution in [1.82, 2.24) is 14.8 Å². The lowest BCUT2D eigenvalue weighted by Crippen LogP contribution is -2.31. The van der Waals surface area contributed by atoms with E-state index in [1.165, 1.54) is 11.1 Å². The van der Waals surface area contributed by atoms with Crippen LogP contribution >= 0.6 is 0 Å².